The van der Waals surface area contributed by atoms with Crippen LogP contribution in [0.25, 0.3) is 11.3 Å². The number of rotatable bonds is 2. The summed E-state index contributed by atoms with van der Waals surface area (Å²) in [5.74, 6) is -0.429. The quantitative estimate of drug-likeness (QED) is 0.759. The molecule has 18 heavy (non-hydrogen) atoms. The van der Waals surface area contributed by atoms with Crippen LogP contribution in [-0.2, 0) is 4.74 Å². The maximum absolute atomic E-state index is 11.5. The predicted molar refractivity (Wildman–Crippen MR) is 68.3 cm³/mol. The molecular formula is C14H14N2O2. The van der Waals surface area contributed by atoms with Crippen molar-refractivity contribution in [2.75, 3.05) is 7.11 Å². The minimum Gasteiger partial charge on any atom is -0.463 e. The summed E-state index contributed by atoms with van der Waals surface area (Å²) >= 11 is 0. The molecule has 0 fully saturated rings. The zero-order chi connectivity index (χ0) is 13.1. The van der Waals surface area contributed by atoms with Crippen molar-refractivity contribution < 1.29 is 9.53 Å². The molecule has 1 heterocycles. The van der Waals surface area contributed by atoms with Gasteiger partial charge in [-0.1, -0.05) is 23.8 Å². The summed E-state index contributed by atoms with van der Waals surface area (Å²) in [5.41, 5.74) is 3.57. The van der Waals surface area contributed by atoms with E-state index >= 15 is 0 Å². The number of aromatic nitrogens is 2. The molecule has 0 unspecified atom stereocenters. The molecule has 0 aliphatic rings. The lowest BCUT2D eigenvalue weighted by Gasteiger charge is -2.05. The Kier molecular flexibility index (Phi) is 3.37. The number of carbonyl (C=O) groups excluding carboxylic acids is 1. The van der Waals surface area contributed by atoms with E-state index in [2.05, 4.69) is 14.7 Å². The van der Waals surface area contributed by atoms with Gasteiger partial charge in [-0.2, -0.15) is 0 Å². The fourth-order valence-electron chi connectivity index (χ4n) is 1.70. The van der Waals surface area contributed by atoms with Gasteiger partial charge in [-0.3, -0.25) is 0 Å². The molecule has 92 valence electrons. The van der Waals surface area contributed by atoms with Crippen molar-refractivity contribution in [3.63, 3.8) is 0 Å². The van der Waals surface area contributed by atoms with E-state index in [-0.39, 0.29) is 5.82 Å². The van der Waals surface area contributed by atoms with Gasteiger partial charge in [-0.05, 0) is 26.0 Å². The van der Waals surface area contributed by atoms with Gasteiger partial charge in [-0.15, -0.1) is 0 Å². The average Bonchev–Trinajstić information content (AvgIpc) is 2.37. The Labute approximate surface area is 106 Å². The van der Waals surface area contributed by atoms with Gasteiger partial charge in [0.25, 0.3) is 0 Å². The van der Waals surface area contributed by atoms with Crippen molar-refractivity contribution in [1.82, 2.24) is 9.97 Å². The van der Waals surface area contributed by atoms with Gasteiger partial charge in [0.2, 0.25) is 5.82 Å². The Morgan fingerprint density at radius 1 is 1.17 bits per heavy atom. The number of nitrogens with zero attached hydrogens (tertiary/aromatic N) is 2. The highest BCUT2D eigenvalue weighted by Crippen LogP contribution is 2.19. The Hall–Kier alpha value is -2.23. The van der Waals surface area contributed by atoms with E-state index in [9.17, 15) is 4.79 Å². The standard InChI is InChI=1S/C14H14N2O2/c1-9-5-4-6-11(7-9)12-8-10(2)15-13(16-12)14(17)18-3/h4-8H,1-3H3. The summed E-state index contributed by atoms with van der Waals surface area (Å²) in [6.45, 7) is 3.84. The first-order valence-corrected chi connectivity index (χ1v) is 5.61. The average molecular weight is 242 g/mol. The Bertz CT molecular complexity index is 594. The molecule has 4 heteroatoms. The zero-order valence-electron chi connectivity index (χ0n) is 10.6. The van der Waals surface area contributed by atoms with Gasteiger partial charge in [0.05, 0.1) is 12.8 Å². The van der Waals surface area contributed by atoms with Crippen molar-refractivity contribution in [3.8, 4) is 11.3 Å². The maximum atomic E-state index is 11.5. The third-order valence-electron chi connectivity index (χ3n) is 2.54. The molecule has 1 aromatic carbocycles. The third kappa shape index (κ3) is 2.53. The lowest BCUT2D eigenvalue weighted by Crippen LogP contribution is -2.09. The first-order chi connectivity index (χ1) is 8.60. The van der Waals surface area contributed by atoms with Crippen LogP contribution < -0.4 is 0 Å². The SMILES string of the molecule is COC(=O)c1nc(C)cc(-c2cccc(C)c2)n1. The highest BCUT2D eigenvalue weighted by Gasteiger charge is 2.12. The number of ether oxygens (including phenoxy) is 1. The maximum Gasteiger partial charge on any atom is 0.376 e. The molecule has 0 saturated carbocycles. The van der Waals surface area contributed by atoms with Crippen LogP contribution in [-0.4, -0.2) is 23.0 Å². The van der Waals surface area contributed by atoms with E-state index in [1.54, 1.807) is 0 Å². The third-order valence-corrected chi connectivity index (χ3v) is 2.54. The van der Waals surface area contributed by atoms with Crippen LogP contribution >= 0.6 is 0 Å². The molecule has 2 rings (SSSR count). The van der Waals surface area contributed by atoms with Crippen molar-refractivity contribution in [3.05, 3.63) is 47.4 Å². The molecule has 0 bridgehead atoms. The summed E-state index contributed by atoms with van der Waals surface area (Å²) in [5, 5.41) is 0. The minimum atomic E-state index is -0.521. The first-order valence-electron chi connectivity index (χ1n) is 5.61. The number of benzene rings is 1. The molecule has 4 nitrogen and oxygen atoms in total. The van der Waals surface area contributed by atoms with Gasteiger partial charge in [0, 0.05) is 11.3 Å². The van der Waals surface area contributed by atoms with E-state index in [1.165, 1.54) is 7.11 Å². The van der Waals surface area contributed by atoms with Crippen molar-refractivity contribution in [2.24, 2.45) is 0 Å². The Balaban J connectivity index is 2.51. The second kappa shape index (κ2) is 4.96. The molecule has 0 N–H and O–H groups in total. The molecule has 2 aromatic rings. The van der Waals surface area contributed by atoms with E-state index in [4.69, 9.17) is 0 Å². The van der Waals surface area contributed by atoms with Crippen LogP contribution in [0.5, 0.6) is 0 Å². The van der Waals surface area contributed by atoms with Crippen LogP contribution in [0.2, 0.25) is 0 Å². The van der Waals surface area contributed by atoms with E-state index in [0.29, 0.717) is 0 Å². The Morgan fingerprint density at radius 2 is 1.94 bits per heavy atom. The molecule has 0 radical (unpaired) electrons. The summed E-state index contributed by atoms with van der Waals surface area (Å²) in [4.78, 5) is 19.8. The van der Waals surface area contributed by atoms with Crippen molar-refractivity contribution in [2.45, 2.75) is 13.8 Å². The second-order valence-corrected chi connectivity index (χ2v) is 4.08. The fourth-order valence-corrected chi connectivity index (χ4v) is 1.70. The number of methoxy groups -OCH3 is 1. The van der Waals surface area contributed by atoms with Crippen molar-refractivity contribution in [1.29, 1.82) is 0 Å². The van der Waals surface area contributed by atoms with Crippen LogP contribution in [0.3, 0.4) is 0 Å². The molecule has 0 aliphatic heterocycles. The number of carbonyl (C=O) groups is 1. The van der Waals surface area contributed by atoms with Crippen molar-refractivity contribution >= 4 is 5.97 Å². The predicted octanol–water partition coefficient (Wildman–Crippen LogP) is 2.55. The van der Waals surface area contributed by atoms with Gasteiger partial charge in [-0.25, -0.2) is 14.8 Å². The Morgan fingerprint density at radius 3 is 2.61 bits per heavy atom. The number of aryl methyl sites for hydroxylation is 2. The van der Waals surface area contributed by atoms with Gasteiger partial charge in [0.1, 0.15) is 0 Å². The summed E-state index contributed by atoms with van der Waals surface area (Å²) in [6.07, 6.45) is 0. The first kappa shape index (κ1) is 12.2. The topological polar surface area (TPSA) is 52.1 Å². The summed E-state index contributed by atoms with van der Waals surface area (Å²) in [6, 6.07) is 9.79. The highest BCUT2D eigenvalue weighted by molar-refractivity contribution is 5.85. The van der Waals surface area contributed by atoms with Gasteiger partial charge in [0.15, 0.2) is 0 Å². The molecule has 0 amide bonds. The fraction of sp³-hybridized carbons (Fsp3) is 0.214. The van der Waals surface area contributed by atoms with E-state index in [1.807, 2.05) is 44.2 Å². The van der Waals surface area contributed by atoms with Crippen LogP contribution in [0, 0.1) is 13.8 Å². The molecule has 1 aromatic heterocycles. The smallest absolute Gasteiger partial charge is 0.376 e. The van der Waals surface area contributed by atoms with Gasteiger partial charge >= 0.3 is 5.97 Å². The van der Waals surface area contributed by atoms with Crippen LogP contribution in [0.4, 0.5) is 0 Å². The van der Waals surface area contributed by atoms with Crippen LogP contribution in [0.15, 0.2) is 30.3 Å². The number of hydrogen-bond acceptors (Lipinski definition) is 4. The molecule has 0 spiro atoms. The highest BCUT2D eigenvalue weighted by atomic mass is 16.5. The molecule has 0 atom stereocenters. The van der Waals surface area contributed by atoms with E-state index in [0.717, 1.165) is 22.5 Å². The monoisotopic (exact) mass is 242 g/mol. The number of hydrogen-bond donors (Lipinski definition) is 0. The zero-order valence-corrected chi connectivity index (χ0v) is 10.6. The summed E-state index contributed by atoms with van der Waals surface area (Å²) in [7, 11) is 1.32. The normalized spacial score (nSPS) is 10.2. The van der Waals surface area contributed by atoms with Crippen LogP contribution in [0.1, 0.15) is 21.9 Å². The minimum absolute atomic E-state index is 0.0917. The second-order valence-electron chi connectivity index (χ2n) is 4.08. The summed E-state index contributed by atoms with van der Waals surface area (Å²) < 4.78 is 4.64. The molecular weight excluding hydrogens is 228 g/mol. The van der Waals surface area contributed by atoms with E-state index < -0.39 is 5.97 Å². The molecule has 0 aliphatic carbocycles. The lowest BCUT2D eigenvalue weighted by molar-refractivity contribution is 0.0586. The van der Waals surface area contributed by atoms with Gasteiger partial charge < -0.3 is 4.74 Å². The lowest BCUT2D eigenvalue weighted by atomic mass is 10.1. The largest absolute Gasteiger partial charge is 0.463 e. The number of esters is 1. The molecule has 0 saturated heterocycles.